The molecule has 1 amide bonds. The van der Waals surface area contributed by atoms with Gasteiger partial charge in [-0.15, -0.1) is 0 Å². The number of carbonyl (C=O) groups excluding carboxylic acids is 1. The van der Waals surface area contributed by atoms with Crippen LogP contribution in [0.25, 0.3) is 11.3 Å². The third-order valence-electron chi connectivity index (χ3n) is 3.15. The van der Waals surface area contributed by atoms with E-state index in [1.54, 1.807) is 12.1 Å². The van der Waals surface area contributed by atoms with Gasteiger partial charge in [0.25, 0.3) is 5.91 Å². The van der Waals surface area contributed by atoms with Gasteiger partial charge in [0, 0.05) is 12.1 Å². The predicted octanol–water partition coefficient (Wildman–Crippen LogP) is 2.40. The number of aromatic amines is 1. The van der Waals surface area contributed by atoms with Gasteiger partial charge in [0.05, 0.1) is 5.69 Å². The first-order chi connectivity index (χ1) is 10.9. The van der Waals surface area contributed by atoms with E-state index in [2.05, 4.69) is 10.2 Å². The highest BCUT2D eigenvalue weighted by Crippen LogP contribution is 2.19. The average molecular weight is 319 g/mol. The predicted molar refractivity (Wildman–Crippen MR) is 82.4 cm³/mol. The van der Waals surface area contributed by atoms with Crippen LogP contribution in [0.2, 0.25) is 0 Å². The van der Waals surface area contributed by atoms with Crippen LogP contribution < -0.4 is 0 Å². The number of benzene rings is 1. The second kappa shape index (κ2) is 7.04. The summed E-state index contributed by atoms with van der Waals surface area (Å²) in [6, 6.07) is 7.26. The number of carbonyl (C=O) groups is 2. The molecule has 0 saturated heterocycles. The molecular formula is C16H18FN3O3. The van der Waals surface area contributed by atoms with Crippen LogP contribution in [0.15, 0.2) is 30.3 Å². The van der Waals surface area contributed by atoms with Crippen LogP contribution in [0.1, 0.15) is 24.3 Å². The Bertz CT molecular complexity index is 695. The number of aromatic nitrogens is 2. The van der Waals surface area contributed by atoms with Crippen molar-refractivity contribution in [3.8, 4) is 11.3 Å². The summed E-state index contributed by atoms with van der Waals surface area (Å²) < 4.78 is 12.9. The van der Waals surface area contributed by atoms with Crippen LogP contribution in [0.5, 0.6) is 0 Å². The summed E-state index contributed by atoms with van der Waals surface area (Å²) >= 11 is 0. The molecule has 0 radical (unpaired) electrons. The standard InChI is InChI=1S/C16H18FN3O3/c1-10(2)8-20(9-15(21)22)16(23)14-7-13(18-19-14)11-3-5-12(17)6-4-11/h3-7,10H,8-9H2,1-2H3,(H,18,19)(H,21,22). The zero-order chi connectivity index (χ0) is 17.0. The number of hydrogen-bond acceptors (Lipinski definition) is 3. The Morgan fingerprint density at radius 3 is 2.52 bits per heavy atom. The zero-order valence-corrected chi connectivity index (χ0v) is 12.9. The van der Waals surface area contributed by atoms with Gasteiger partial charge < -0.3 is 10.0 Å². The molecule has 7 heteroatoms. The fourth-order valence-corrected chi connectivity index (χ4v) is 2.19. The minimum atomic E-state index is -1.07. The maximum atomic E-state index is 12.9. The van der Waals surface area contributed by atoms with Crippen LogP contribution in [-0.2, 0) is 4.79 Å². The number of aliphatic carboxylic acids is 1. The van der Waals surface area contributed by atoms with Gasteiger partial charge in [0.15, 0.2) is 0 Å². The van der Waals surface area contributed by atoms with Gasteiger partial charge in [-0.3, -0.25) is 14.7 Å². The second-order valence-electron chi connectivity index (χ2n) is 5.65. The minimum absolute atomic E-state index is 0.137. The molecule has 1 aromatic carbocycles. The number of carboxylic acid groups (broad SMARTS) is 1. The molecule has 0 aliphatic carbocycles. The Morgan fingerprint density at radius 1 is 1.30 bits per heavy atom. The number of carboxylic acids is 1. The Balaban J connectivity index is 2.21. The van der Waals surface area contributed by atoms with E-state index in [-0.39, 0.29) is 24.0 Å². The third-order valence-corrected chi connectivity index (χ3v) is 3.15. The maximum absolute atomic E-state index is 12.9. The van der Waals surface area contributed by atoms with E-state index in [0.29, 0.717) is 17.8 Å². The topological polar surface area (TPSA) is 86.3 Å². The number of nitrogens with one attached hydrogen (secondary N) is 1. The minimum Gasteiger partial charge on any atom is -0.480 e. The van der Waals surface area contributed by atoms with E-state index in [9.17, 15) is 14.0 Å². The third kappa shape index (κ3) is 4.38. The number of halogens is 1. The Hall–Kier alpha value is -2.70. The van der Waals surface area contributed by atoms with Crippen molar-refractivity contribution in [1.29, 1.82) is 0 Å². The number of rotatable bonds is 6. The molecule has 0 fully saturated rings. The number of amides is 1. The van der Waals surface area contributed by atoms with Gasteiger partial charge in [-0.1, -0.05) is 13.8 Å². The van der Waals surface area contributed by atoms with E-state index in [0.717, 1.165) is 0 Å². The molecule has 0 bridgehead atoms. The van der Waals surface area contributed by atoms with Gasteiger partial charge in [-0.05, 0) is 36.2 Å². The van der Waals surface area contributed by atoms with Crippen LogP contribution in [0.3, 0.4) is 0 Å². The van der Waals surface area contributed by atoms with Gasteiger partial charge >= 0.3 is 5.97 Å². The first kappa shape index (κ1) is 16.7. The Morgan fingerprint density at radius 2 is 1.96 bits per heavy atom. The van der Waals surface area contributed by atoms with E-state index in [1.165, 1.54) is 23.1 Å². The van der Waals surface area contributed by atoms with Crippen molar-refractivity contribution in [2.24, 2.45) is 5.92 Å². The fourth-order valence-electron chi connectivity index (χ4n) is 2.19. The van der Waals surface area contributed by atoms with Gasteiger partial charge in [-0.2, -0.15) is 5.10 Å². The number of nitrogens with zero attached hydrogens (tertiary/aromatic N) is 2. The highest BCUT2D eigenvalue weighted by Gasteiger charge is 2.21. The zero-order valence-electron chi connectivity index (χ0n) is 12.9. The molecule has 2 N–H and O–H groups in total. The molecule has 1 heterocycles. The molecule has 2 aromatic rings. The molecule has 0 aliphatic rings. The normalized spacial score (nSPS) is 10.8. The lowest BCUT2D eigenvalue weighted by Gasteiger charge is -2.21. The van der Waals surface area contributed by atoms with E-state index in [4.69, 9.17) is 5.11 Å². The summed E-state index contributed by atoms with van der Waals surface area (Å²) in [5.74, 6) is -1.72. The summed E-state index contributed by atoms with van der Waals surface area (Å²) in [6.45, 7) is 3.76. The molecule has 6 nitrogen and oxygen atoms in total. The van der Waals surface area contributed by atoms with Crippen molar-refractivity contribution < 1.29 is 19.1 Å². The molecule has 0 aliphatic heterocycles. The van der Waals surface area contributed by atoms with Crippen LogP contribution in [-0.4, -0.2) is 45.2 Å². The van der Waals surface area contributed by atoms with Crippen molar-refractivity contribution in [2.75, 3.05) is 13.1 Å². The average Bonchev–Trinajstić information content (AvgIpc) is 2.95. The van der Waals surface area contributed by atoms with Gasteiger partial charge in [0.1, 0.15) is 18.1 Å². The number of H-pyrrole nitrogens is 1. The van der Waals surface area contributed by atoms with Crippen molar-refractivity contribution in [2.45, 2.75) is 13.8 Å². The van der Waals surface area contributed by atoms with Gasteiger partial charge in [-0.25, -0.2) is 4.39 Å². The lowest BCUT2D eigenvalue weighted by Crippen LogP contribution is -2.38. The second-order valence-corrected chi connectivity index (χ2v) is 5.65. The molecule has 1 aromatic heterocycles. The SMILES string of the molecule is CC(C)CN(CC(=O)O)C(=O)c1cc(-c2ccc(F)cc2)n[nH]1. The lowest BCUT2D eigenvalue weighted by atomic mass is 10.1. The molecule has 23 heavy (non-hydrogen) atoms. The maximum Gasteiger partial charge on any atom is 0.323 e. The van der Waals surface area contributed by atoms with Crippen molar-refractivity contribution in [1.82, 2.24) is 15.1 Å². The molecule has 122 valence electrons. The van der Waals surface area contributed by atoms with E-state index in [1.807, 2.05) is 13.8 Å². The molecular weight excluding hydrogens is 301 g/mol. The van der Waals surface area contributed by atoms with Crippen LogP contribution in [0, 0.1) is 11.7 Å². The first-order valence-corrected chi connectivity index (χ1v) is 7.19. The monoisotopic (exact) mass is 319 g/mol. The summed E-state index contributed by atoms with van der Waals surface area (Å²) in [5, 5.41) is 15.6. The van der Waals surface area contributed by atoms with Gasteiger partial charge in [0.2, 0.25) is 0 Å². The fraction of sp³-hybridized carbons (Fsp3) is 0.312. The Labute approximate surface area is 132 Å². The molecule has 0 unspecified atom stereocenters. The highest BCUT2D eigenvalue weighted by molar-refractivity contribution is 5.95. The van der Waals surface area contributed by atoms with Crippen LogP contribution >= 0.6 is 0 Å². The first-order valence-electron chi connectivity index (χ1n) is 7.19. The van der Waals surface area contributed by atoms with Crippen LogP contribution in [0.4, 0.5) is 4.39 Å². The summed E-state index contributed by atoms with van der Waals surface area (Å²) in [6.07, 6.45) is 0. The summed E-state index contributed by atoms with van der Waals surface area (Å²) in [4.78, 5) is 24.6. The largest absolute Gasteiger partial charge is 0.480 e. The smallest absolute Gasteiger partial charge is 0.323 e. The highest BCUT2D eigenvalue weighted by atomic mass is 19.1. The lowest BCUT2D eigenvalue weighted by molar-refractivity contribution is -0.137. The van der Waals surface area contributed by atoms with Crippen molar-refractivity contribution >= 4 is 11.9 Å². The molecule has 2 rings (SSSR count). The Kier molecular flexibility index (Phi) is 5.10. The summed E-state index contributed by atoms with van der Waals surface area (Å²) in [5.41, 5.74) is 1.36. The van der Waals surface area contributed by atoms with E-state index >= 15 is 0 Å². The van der Waals surface area contributed by atoms with Crippen molar-refractivity contribution in [3.63, 3.8) is 0 Å². The van der Waals surface area contributed by atoms with E-state index < -0.39 is 11.9 Å². The summed E-state index contributed by atoms with van der Waals surface area (Å²) in [7, 11) is 0. The quantitative estimate of drug-likeness (QED) is 0.856. The molecule has 0 spiro atoms. The number of hydrogen-bond donors (Lipinski definition) is 2. The molecule has 0 atom stereocenters. The van der Waals surface area contributed by atoms with Crippen molar-refractivity contribution in [3.05, 3.63) is 41.8 Å². The molecule has 0 saturated carbocycles.